The summed E-state index contributed by atoms with van der Waals surface area (Å²) in [5.41, 5.74) is 10.9. The molecule has 3 nitrogen and oxygen atoms in total. The Hall–Kier alpha value is -6.78. The van der Waals surface area contributed by atoms with E-state index in [1.807, 2.05) is 73.7 Å². The molecule has 0 spiro atoms. The van der Waals surface area contributed by atoms with Gasteiger partial charge in [-0.15, -0.1) is 0 Å². The molecule has 4 heteroatoms. The maximum Gasteiger partial charge on any atom is 0.255 e. The van der Waals surface area contributed by atoms with Crippen LogP contribution in [0.3, 0.4) is 0 Å². The molecule has 252 valence electrons. The number of hydrogen-bond donors (Lipinski definition) is 2. The van der Waals surface area contributed by atoms with Crippen LogP contribution in [0.4, 0.5) is 0 Å². The van der Waals surface area contributed by atoms with Gasteiger partial charge in [-0.1, -0.05) is 127 Å². The molecule has 2 heterocycles. The fourth-order valence-electron chi connectivity index (χ4n) is 7.85. The number of benzene rings is 7. The largest absolute Gasteiger partial charge is 0.516 e. The van der Waals surface area contributed by atoms with Gasteiger partial charge in [0.25, 0.3) is 6.71 Å². The summed E-state index contributed by atoms with van der Waals surface area (Å²) in [7, 11) is 0. The average molecular weight is 683 g/mol. The normalized spacial score (nSPS) is 16.5. The predicted molar refractivity (Wildman–Crippen MR) is 223 cm³/mol. The van der Waals surface area contributed by atoms with E-state index >= 15 is 0 Å². The number of ether oxygens (including phenoxy) is 1. The van der Waals surface area contributed by atoms with Gasteiger partial charge >= 0.3 is 0 Å². The third-order valence-electron chi connectivity index (χ3n) is 10.3. The lowest BCUT2D eigenvalue weighted by Gasteiger charge is -2.30. The van der Waals surface area contributed by atoms with Crippen molar-refractivity contribution in [2.45, 2.75) is 6.92 Å². The van der Waals surface area contributed by atoms with E-state index in [1.54, 1.807) is 0 Å². The highest BCUT2D eigenvalue weighted by molar-refractivity contribution is 6.93. The lowest BCUT2D eigenvalue weighted by atomic mass is 9.34. The van der Waals surface area contributed by atoms with E-state index in [0.717, 1.165) is 66.7 Å². The second-order valence-corrected chi connectivity index (χ2v) is 13.6. The van der Waals surface area contributed by atoms with Gasteiger partial charge < -0.3 is 14.9 Å². The minimum atomic E-state index is -0.156. The second-order valence-electron chi connectivity index (χ2n) is 13.6. The van der Waals surface area contributed by atoms with E-state index in [2.05, 4.69) is 109 Å². The molecule has 53 heavy (non-hydrogen) atoms. The van der Waals surface area contributed by atoms with Crippen molar-refractivity contribution in [1.29, 1.82) is 0 Å². The first-order chi connectivity index (χ1) is 26.1. The van der Waals surface area contributed by atoms with Crippen LogP contribution in [0.25, 0.3) is 61.5 Å². The summed E-state index contributed by atoms with van der Waals surface area (Å²) in [5, 5.41) is 26.4. The van der Waals surface area contributed by atoms with Crippen molar-refractivity contribution in [1.82, 2.24) is 0 Å². The summed E-state index contributed by atoms with van der Waals surface area (Å²) in [5.74, 6) is 1.61. The highest BCUT2D eigenvalue weighted by Crippen LogP contribution is 2.38. The smallest absolute Gasteiger partial charge is 0.255 e. The van der Waals surface area contributed by atoms with Crippen LogP contribution < -0.4 is 15.7 Å². The number of phenolic OH excluding ortho intramolecular Hbond substituents is 1. The Balaban J connectivity index is 1.15. The fraction of sp³-hybridized carbons (Fsp3) is 0.0204. The summed E-state index contributed by atoms with van der Waals surface area (Å²) in [6.45, 7) is 1.86. The first-order valence-electron chi connectivity index (χ1n) is 17.9. The first kappa shape index (κ1) is 32.2. The molecule has 0 saturated heterocycles. The Bertz CT molecular complexity index is 2750. The van der Waals surface area contributed by atoms with Gasteiger partial charge in [-0.25, -0.2) is 0 Å². The summed E-state index contributed by atoms with van der Waals surface area (Å²) in [6.07, 6.45) is 13.7. The van der Waals surface area contributed by atoms with Crippen molar-refractivity contribution in [2.75, 3.05) is 0 Å². The molecule has 2 aliphatic heterocycles. The van der Waals surface area contributed by atoms with Crippen LogP contribution >= 0.6 is 0 Å². The average Bonchev–Trinajstić information content (AvgIpc) is 3.19. The van der Waals surface area contributed by atoms with Crippen LogP contribution in [0.1, 0.15) is 23.6 Å². The van der Waals surface area contributed by atoms with Gasteiger partial charge in [0.05, 0.1) is 6.26 Å². The van der Waals surface area contributed by atoms with E-state index < -0.39 is 0 Å². The number of aliphatic hydroxyl groups excluding tert-OH is 1. The number of aromatic hydroxyl groups is 1. The van der Waals surface area contributed by atoms with Gasteiger partial charge in [0.15, 0.2) is 0 Å². The molecule has 0 radical (unpaired) electrons. The summed E-state index contributed by atoms with van der Waals surface area (Å²) < 4.78 is 6.45. The SMILES string of the molecule is C/C=C\C=C/c1cc2ccccc2c2cc(-c3cc(O)cc(-c4cccc(C5=C/c6ccccc6B6C(=C\O)/C(=C\5)Oc5ccccc56)c4)c3)ccc12. The molecule has 2 aliphatic rings. The number of phenols is 1. The molecule has 0 saturated carbocycles. The van der Waals surface area contributed by atoms with Crippen LogP contribution in [0, 0.1) is 0 Å². The Kier molecular flexibility index (Phi) is 8.13. The highest BCUT2D eigenvalue weighted by Gasteiger charge is 2.37. The van der Waals surface area contributed by atoms with E-state index in [9.17, 15) is 10.2 Å². The quantitative estimate of drug-likeness (QED) is 0.0822. The highest BCUT2D eigenvalue weighted by atomic mass is 16.5. The van der Waals surface area contributed by atoms with E-state index in [1.165, 1.54) is 27.8 Å². The molecule has 0 aliphatic carbocycles. The van der Waals surface area contributed by atoms with Crippen LogP contribution in [-0.2, 0) is 0 Å². The van der Waals surface area contributed by atoms with Gasteiger partial charge in [0.2, 0.25) is 0 Å². The number of allylic oxidation sites excluding steroid dienone is 6. The zero-order valence-corrected chi connectivity index (χ0v) is 29.2. The van der Waals surface area contributed by atoms with E-state index in [-0.39, 0.29) is 12.5 Å². The van der Waals surface area contributed by atoms with Crippen LogP contribution in [0.5, 0.6) is 11.5 Å². The minimum Gasteiger partial charge on any atom is -0.516 e. The molecule has 9 rings (SSSR count). The number of fused-ring (bicyclic) bond motifs is 9. The van der Waals surface area contributed by atoms with E-state index in [0.29, 0.717) is 5.76 Å². The minimum absolute atomic E-state index is 0.156. The molecule has 0 atom stereocenters. The third kappa shape index (κ3) is 5.85. The number of aliphatic hydroxyl groups is 1. The molecule has 0 aromatic heterocycles. The Morgan fingerprint density at radius 3 is 2.17 bits per heavy atom. The van der Waals surface area contributed by atoms with E-state index in [4.69, 9.17) is 4.74 Å². The number of hydrogen-bond acceptors (Lipinski definition) is 3. The molecule has 0 fully saturated rings. The Labute approximate surface area is 309 Å². The molecular weight excluding hydrogens is 647 g/mol. The van der Waals surface area contributed by atoms with Crippen molar-refractivity contribution < 1.29 is 14.9 Å². The first-order valence-corrected chi connectivity index (χ1v) is 17.9. The standard InChI is InChI=1S/C49H35BO3/c1-2-3-4-12-36-24-35-13-5-7-17-42(35)44-29-34(21-22-43(36)44)39-26-38(27-41(52)28-39)32-15-11-16-33(23-32)40-25-37-14-6-8-18-45(37)50-46-19-9-10-20-48(46)53-49(30-40)47(50)31-51/h2-31,51-52H,1H3/b3-2-,12-4-,40-25+,47-31-,49-30+. The zero-order chi connectivity index (χ0) is 35.9. The third-order valence-corrected chi connectivity index (χ3v) is 10.3. The van der Waals surface area contributed by atoms with Crippen molar-refractivity contribution in [3.8, 4) is 33.8 Å². The molecule has 2 N–H and O–H groups in total. The number of rotatable bonds is 5. The van der Waals surface area contributed by atoms with Crippen LogP contribution in [0.2, 0.25) is 0 Å². The molecular formula is C49H35BO3. The summed E-state index contributed by atoms with van der Waals surface area (Å²) in [6, 6.07) is 47.9. The fourth-order valence-corrected chi connectivity index (χ4v) is 7.85. The molecule has 7 aromatic rings. The molecule has 2 bridgehead atoms. The Morgan fingerprint density at radius 2 is 1.32 bits per heavy atom. The summed E-state index contributed by atoms with van der Waals surface area (Å²) in [4.78, 5) is 0. The van der Waals surface area contributed by atoms with Crippen molar-refractivity contribution in [3.63, 3.8) is 0 Å². The van der Waals surface area contributed by atoms with Gasteiger partial charge in [-0.2, -0.15) is 0 Å². The van der Waals surface area contributed by atoms with Gasteiger partial charge in [0, 0.05) is 5.47 Å². The monoisotopic (exact) mass is 682 g/mol. The van der Waals surface area contributed by atoms with Crippen molar-refractivity contribution >= 4 is 56.9 Å². The molecule has 0 unspecified atom stereocenters. The van der Waals surface area contributed by atoms with Gasteiger partial charge in [0.1, 0.15) is 17.3 Å². The van der Waals surface area contributed by atoms with Crippen LogP contribution in [-0.4, -0.2) is 16.9 Å². The zero-order valence-electron chi connectivity index (χ0n) is 29.2. The van der Waals surface area contributed by atoms with Crippen molar-refractivity contribution in [2.24, 2.45) is 0 Å². The lowest BCUT2D eigenvalue weighted by Crippen LogP contribution is -2.50. The molecule has 0 amide bonds. The van der Waals surface area contributed by atoms with Crippen LogP contribution in [0.15, 0.2) is 181 Å². The maximum atomic E-state index is 11.1. The molecule has 7 aromatic carbocycles. The Morgan fingerprint density at radius 1 is 0.585 bits per heavy atom. The number of para-hydroxylation sites is 1. The van der Waals surface area contributed by atoms with Crippen molar-refractivity contribution in [3.05, 3.63) is 198 Å². The summed E-state index contributed by atoms with van der Waals surface area (Å²) >= 11 is 0. The topological polar surface area (TPSA) is 49.7 Å². The predicted octanol–water partition coefficient (Wildman–Crippen LogP) is 11.0. The van der Waals surface area contributed by atoms with Gasteiger partial charge in [-0.3, -0.25) is 0 Å². The lowest BCUT2D eigenvalue weighted by molar-refractivity contribution is 0.425. The second kappa shape index (κ2) is 13.4. The van der Waals surface area contributed by atoms with Gasteiger partial charge in [-0.05, 0) is 133 Å². The maximum absolute atomic E-state index is 11.1.